The van der Waals surface area contributed by atoms with Crippen molar-refractivity contribution < 1.29 is 9.53 Å². The molecule has 0 fully saturated rings. The van der Waals surface area contributed by atoms with Crippen LogP contribution in [-0.2, 0) is 11.2 Å². The van der Waals surface area contributed by atoms with Gasteiger partial charge in [-0.1, -0.05) is 48.0 Å². The first-order valence-electron chi connectivity index (χ1n) is 10.5. The number of amides is 1. The third-order valence-electron chi connectivity index (χ3n) is 4.77. The summed E-state index contributed by atoms with van der Waals surface area (Å²) in [6.45, 7) is 7.08. The quantitative estimate of drug-likeness (QED) is 0.326. The van der Waals surface area contributed by atoms with E-state index in [1.54, 1.807) is 0 Å². The summed E-state index contributed by atoms with van der Waals surface area (Å²) < 4.78 is 5.67. The lowest BCUT2D eigenvalue weighted by Crippen LogP contribution is -2.29. The summed E-state index contributed by atoms with van der Waals surface area (Å²) in [6.07, 6.45) is 4.53. The summed E-state index contributed by atoms with van der Waals surface area (Å²) in [5.41, 5.74) is 3.37. The number of nitrogens with zero attached hydrogens (tertiary/aromatic N) is 1. The maximum absolute atomic E-state index is 12.5. The minimum absolute atomic E-state index is 0.0653. The molecule has 0 aliphatic carbocycles. The maximum atomic E-state index is 12.5. The van der Waals surface area contributed by atoms with E-state index in [4.69, 9.17) is 4.74 Å². The smallest absolute Gasteiger partial charge is 0.263 e. The van der Waals surface area contributed by atoms with Crippen LogP contribution in [0.2, 0.25) is 0 Å². The van der Waals surface area contributed by atoms with Gasteiger partial charge in [-0.15, -0.1) is 0 Å². The number of ether oxygens (including phenoxy) is 1. The predicted molar refractivity (Wildman–Crippen MR) is 120 cm³/mol. The normalized spacial score (nSPS) is 12.0. The lowest BCUT2D eigenvalue weighted by Gasteiger charge is -2.18. The van der Waals surface area contributed by atoms with Crippen molar-refractivity contribution in [2.45, 2.75) is 46.1 Å². The first-order chi connectivity index (χ1) is 14.5. The Morgan fingerprint density at radius 3 is 2.67 bits per heavy atom. The van der Waals surface area contributed by atoms with Gasteiger partial charge in [0.1, 0.15) is 17.4 Å². The maximum Gasteiger partial charge on any atom is 0.263 e. The molecule has 2 aromatic carbocycles. The molecule has 0 aromatic heterocycles. The molecule has 0 bridgehead atoms. The number of hydrogen-bond donors (Lipinski definition) is 2. The monoisotopic (exact) mass is 405 g/mol. The van der Waals surface area contributed by atoms with E-state index < -0.39 is 5.91 Å². The van der Waals surface area contributed by atoms with Crippen LogP contribution in [0.4, 0.5) is 0 Å². The third-order valence-corrected chi connectivity index (χ3v) is 4.77. The molecule has 158 valence electrons. The molecule has 5 heteroatoms. The molecular formula is C25H31N3O2. The van der Waals surface area contributed by atoms with Gasteiger partial charge in [0.15, 0.2) is 0 Å². The molecule has 1 amide bonds. The number of carbonyl (C=O) groups excluding carboxylic acids is 1. The summed E-state index contributed by atoms with van der Waals surface area (Å²) >= 11 is 0. The Hall–Kier alpha value is -3.26. The number of benzene rings is 2. The molecule has 30 heavy (non-hydrogen) atoms. The van der Waals surface area contributed by atoms with Crippen LogP contribution >= 0.6 is 0 Å². The van der Waals surface area contributed by atoms with E-state index in [9.17, 15) is 10.1 Å². The Balaban J connectivity index is 1.85. The van der Waals surface area contributed by atoms with Gasteiger partial charge in [0, 0.05) is 18.3 Å². The van der Waals surface area contributed by atoms with Gasteiger partial charge in [-0.25, -0.2) is 0 Å². The number of nitrogens with one attached hydrogen (secondary N) is 2. The first-order valence-corrected chi connectivity index (χ1v) is 10.5. The summed E-state index contributed by atoms with van der Waals surface area (Å²) in [7, 11) is 0. The van der Waals surface area contributed by atoms with Crippen LogP contribution < -0.4 is 15.4 Å². The molecule has 0 saturated heterocycles. The van der Waals surface area contributed by atoms with Gasteiger partial charge in [-0.2, -0.15) is 5.26 Å². The van der Waals surface area contributed by atoms with Gasteiger partial charge in [0.2, 0.25) is 0 Å². The second-order valence-electron chi connectivity index (χ2n) is 7.24. The predicted octanol–water partition coefficient (Wildman–Crippen LogP) is 4.59. The SMILES string of the molecule is CCOc1ccc(C)cc1C(C)NC(=O)/C(C#N)=C\NCCCCc1ccccc1. The zero-order chi connectivity index (χ0) is 21.8. The van der Waals surface area contributed by atoms with E-state index in [1.807, 2.05) is 63.2 Å². The molecule has 1 atom stereocenters. The van der Waals surface area contributed by atoms with Crippen molar-refractivity contribution in [2.24, 2.45) is 0 Å². The van der Waals surface area contributed by atoms with Crippen molar-refractivity contribution in [3.05, 3.63) is 77.0 Å². The Kier molecular flexibility index (Phi) is 9.47. The number of unbranched alkanes of at least 4 members (excludes halogenated alkanes) is 1. The second kappa shape index (κ2) is 12.3. The lowest BCUT2D eigenvalue weighted by molar-refractivity contribution is -0.117. The third kappa shape index (κ3) is 7.29. The molecule has 2 N–H and O–H groups in total. The van der Waals surface area contributed by atoms with E-state index in [-0.39, 0.29) is 11.6 Å². The minimum Gasteiger partial charge on any atom is -0.494 e. The van der Waals surface area contributed by atoms with Crippen LogP contribution in [0, 0.1) is 18.3 Å². The molecule has 0 heterocycles. The number of nitriles is 1. The van der Waals surface area contributed by atoms with Crippen LogP contribution in [0.25, 0.3) is 0 Å². The lowest BCUT2D eigenvalue weighted by atomic mass is 10.0. The van der Waals surface area contributed by atoms with Gasteiger partial charge in [-0.3, -0.25) is 4.79 Å². The summed E-state index contributed by atoms with van der Waals surface area (Å²) in [5, 5.41) is 15.4. The van der Waals surface area contributed by atoms with Crippen molar-refractivity contribution >= 4 is 5.91 Å². The van der Waals surface area contributed by atoms with Crippen LogP contribution in [0.5, 0.6) is 5.75 Å². The summed E-state index contributed by atoms with van der Waals surface area (Å²) in [6, 6.07) is 17.9. The Labute approximate surface area is 179 Å². The zero-order valence-electron chi connectivity index (χ0n) is 18.1. The molecule has 0 aliphatic rings. The standard InChI is InChI=1S/C25H31N3O2/c1-4-30-24-14-13-19(2)16-23(24)20(3)28-25(29)22(17-26)18-27-15-9-8-12-21-10-6-5-7-11-21/h5-7,10-11,13-14,16,18,20,27H,4,8-9,12,15H2,1-3H3,(H,28,29)/b22-18-. The number of aryl methyl sites for hydroxylation is 2. The highest BCUT2D eigenvalue weighted by Gasteiger charge is 2.17. The fraction of sp³-hybridized carbons (Fsp3) is 0.360. The van der Waals surface area contributed by atoms with Gasteiger partial charge in [0.05, 0.1) is 12.6 Å². The average Bonchev–Trinajstić information content (AvgIpc) is 2.75. The number of rotatable bonds is 11. The van der Waals surface area contributed by atoms with E-state index in [0.29, 0.717) is 13.2 Å². The molecular weight excluding hydrogens is 374 g/mol. The van der Waals surface area contributed by atoms with Gasteiger partial charge >= 0.3 is 0 Å². The molecule has 0 radical (unpaired) electrons. The second-order valence-corrected chi connectivity index (χ2v) is 7.24. The van der Waals surface area contributed by atoms with Crippen molar-refractivity contribution in [1.82, 2.24) is 10.6 Å². The molecule has 0 saturated carbocycles. The van der Waals surface area contributed by atoms with E-state index >= 15 is 0 Å². The average molecular weight is 406 g/mol. The van der Waals surface area contributed by atoms with Crippen molar-refractivity contribution in [3.8, 4) is 11.8 Å². The van der Waals surface area contributed by atoms with E-state index in [1.165, 1.54) is 11.8 Å². The summed E-state index contributed by atoms with van der Waals surface area (Å²) in [5.74, 6) is 0.348. The van der Waals surface area contributed by atoms with Crippen molar-refractivity contribution in [2.75, 3.05) is 13.2 Å². The van der Waals surface area contributed by atoms with Crippen LogP contribution in [-0.4, -0.2) is 19.1 Å². The molecule has 0 spiro atoms. The van der Waals surface area contributed by atoms with Crippen LogP contribution in [0.1, 0.15) is 49.4 Å². The van der Waals surface area contributed by atoms with Crippen LogP contribution in [0.3, 0.4) is 0 Å². The van der Waals surface area contributed by atoms with Gasteiger partial charge < -0.3 is 15.4 Å². The highest BCUT2D eigenvalue weighted by Crippen LogP contribution is 2.26. The topological polar surface area (TPSA) is 74.1 Å². The minimum atomic E-state index is -0.397. The molecule has 2 aromatic rings. The molecule has 2 rings (SSSR count). The number of carbonyl (C=O) groups is 1. The fourth-order valence-corrected chi connectivity index (χ4v) is 3.17. The van der Waals surface area contributed by atoms with Gasteiger partial charge in [-0.05, 0) is 51.7 Å². The fourth-order valence-electron chi connectivity index (χ4n) is 3.17. The first kappa shape index (κ1) is 23.0. The van der Waals surface area contributed by atoms with Crippen molar-refractivity contribution in [3.63, 3.8) is 0 Å². The highest BCUT2D eigenvalue weighted by molar-refractivity contribution is 5.97. The van der Waals surface area contributed by atoms with Crippen molar-refractivity contribution in [1.29, 1.82) is 5.26 Å². The number of hydrogen-bond acceptors (Lipinski definition) is 4. The van der Waals surface area contributed by atoms with E-state index in [0.717, 1.165) is 36.1 Å². The Morgan fingerprint density at radius 1 is 1.20 bits per heavy atom. The van der Waals surface area contributed by atoms with Gasteiger partial charge in [0.25, 0.3) is 5.91 Å². The van der Waals surface area contributed by atoms with E-state index in [2.05, 4.69) is 22.8 Å². The molecule has 5 nitrogen and oxygen atoms in total. The summed E-state index contributed by atoms with van der Waals surface area (Å²) in [4.78, 5) is 12.5. The zero-order valence-corrected chi connectivity index (χ0v) is 18.1. The molecule has 1 unspecified atom stereocenters. The Bertz CT molecular complexity index is 885. The van der Waals surface area contributed by atoms with Crippen LogP contribution in [0.15, 0.2) is 60.3 Å². The Morgan fingerprint density at radius 2 is 1.97 bits per heavy atom. The largest absolute Gasteiger partial charge is 0.494 e. The highest BCUT2D eigenvalue weighted by atomic mass is 16.5. The molecule has 0 aliphatic heterocycles.